The number of hydrogen-bond donors (Lipinski definition) is 0. The molecule has 1 rings (SSSR count). The molecule has 0 radical (unpaired) electrons. The Kier molecular flexibility index (Phi) is 5.03. The Labute approximate surface area is 94.4 Å². The molecule has 90 valence electrons. The van der Waals surface area contributed by atoms with E-state index in [-0.39, 0.29) is 0 Å². The van der Waals surface area contributed by atoms with Crippen LogP contribution in [-0.2, 0) is 4.74 Å². The number of likely N-dealkylation sites (N-methyl/N-ethyl adjacent to an activating group) is 1. The second-order valence-electron chi connectivity index (χ2n) is 5.07. The third-order valence-electron chi connectivity index (χ3n) is 3.27. The van der Waals surface area contributed by atoms with Crippen LogP contribution in [0.25, 0.3) is 0 Å². The van der Waals surface area contributed by atoms with E-state index in [0.717, 1.165) is 13.2 Å². The van der Waals surface area contributed by atoms with Gasteiger partial charge in [-0.25, -0.2) is 0 Å². The van der Waals surface area contributed by atoms with Crippen LogP contribution in [0.3, 0.4) is 0 Å². The molecule has 1 saturated heterocycles. The van der Waals surface area contributed by atoms with Crippen LogP contribution in [0.2, 0.25) is 0 Å². The summed E-state index contributed by atoms with van der Waals surface area (Å²) >= 11 is 0. The van der Waals surface area contributed by atoms with Gasteiger partial charge in [0.25, 0.3) is 0 Å². The molecule has 2 atom stereocenters. The monoisotopic (exact) mass is 214 g/mol. The maximum Gasteiger partial charge on any atom is 0.0740 e. The highest BCUT2D eigenvalue weighted by molar-refractivity contribution is 4.86. The van der Waals surface area contributed by atoms with Crippen LogP contribution in [0.4, 0.5) is 0 Å². The van der Waals surface area contributed by atoms with Crippen LogP contribution in [0.5, 0.6) is 0 Å². The second kappa shape index (κ2) is 5.83. The van der Waals surface area contributed by atoms with Crippen molar-refractivity contribution in [3.05, 3.63) is 0 Å². The summed E-state index contributed by atoms with van der Waals surface area (Å²) in [7, 11) is 4.17. The first-order valence-electron chi connectivity index (χ1n) is 6.04. The summed E-state index contributed by atoms with van der Waals surface area (Å²) in [6.45, 7) is 9.87. The SMILES string of the molecule is CC(C)N1CC[C@H](OCCN(C)C)[C@@H]1C. The van der Waals surface area contributed by atoms with E-state index >= 15 is 0 Å². The van der Waals surface area contributed by atoms with E-state index in [9.17, 15) is 0 Å². The van der Waals surface area contributed by atoms with Crippen molar-refractivity contribution in [2.45, 2.75) is 45.4 Å². The average Bonchev–Trinajstić information content (AvgIpc) is 2.47. The fourth-order valence-electron chi connectivity index (χ4n) is 2.27. The smallest absolute Gasteiger partial charge is 0.0740 e. The lowest BCUT2D eigenvalue weighted by atomic mass is 10.2. The van der Waals surface area contributed by atoms with Crippen molar-refractivity contribution in [2.75, 3.05) is 33.8 Å². The molecule has 3 heteroatoms. The van der Waals surface area contributed by atoms with E-state index in [1.165, 1.54) is 13.0 Å². The molecule has 0 aromatic carbocycles. The predicted molar refractivity (Wildman–Crippen MR) is 64.2 cm³/mol. The van der Waals surface area contributed by atoms with Gasteiger partial charge >= 0.3 is 0 Å². The standard InChI is InChI=1S/C12H26N2O/c1-10(2)14-7-6-12(11(14)3)15-9-8-13(4)5/h10-12H,6-9H2,1-5H3/t11-,12-/m0/s1. The molecule has 0 aliphatic carbocycles. The first kappa shape index (κ1) is 12.9. The Morgan fingerprint density at radius 3 is 2.53 bits per heavy atom. The zero-order chi connectivity index (χ0) is 11.4. The zero-order valence-corrected chi connectivity index (χ0v) is 10.9. The average molecular weight is 214 g/mol. The maximum atomic E-state index is 5.92. The van der Waals surface area contributed by atoms with Crippen LogP contribution >= 0.6 is 0 Å². The highest BCUT2D eigenvalue weighted by Gasteiger charge is 2.32. The minimum absolute atomic E-state index is 0.437. The Morgan fingerprint density at radius 2 is 2.07 bits per heavy atom. The van der Waals surface area contributed by atoms with Gasteiger partial charge in [0.15, 0.2) is 0 Å². The molecule has 3 nitrogen and oxygen atoms in total. The summed E-state index contributed by atoms with van der Waals surface area (Å²) in [5.41, 5.74) is 0. The number of ether oxygens (including phenoxy) is 1. The Hall–Kier alpha value is -0.120. The molecule has 0 saturated carbocycles. The van der Waals surface area contributed by atoms with Gasteiger partial charge in [-0.15, -0.1) is 0 Å². The molecule has 0 unspecified atom stereocenters. The number of likely N-dealkylation sites (tertiary alicyclic amines) is 1. The van der Waals surface area contributed by atoms with Crippen molar-refractivity contribution in [3.8, 4) is 0 Å². The van der Waals surface area contributed by atoms with Crippen molar-refractivity contribution in [3.63, 3.8) is 0 Å². The van der Waals surface area contributed by atoms with Gasteiger partial charge in [-0.2, -0.15) is 0 Å². The summed E-state index contributed by atoms with van der Waals surface area (Å²) < 4.78 is 5.92. The van der Waals surface area contributed by atoms with Gasteiger partial charge in [-0.1, -0.05) is 0 Å². The molecule has 0 N–H and O–H groups in total. The molecule has 1 aliphatic rings. The summed E-state index contributed by atoms with van der Waals surface area (Å²) in [4.78, 5) is 4.69. The second-order valence-corrected chi connectivity index (χ2v) is 5.07. The third kappa shape index (κ3) is 3.74. The van der Waals surface area contributed by atoms with E-state index < -0.39 is 0 Å². The van der Waals surface area contributed by atoms with Gasteiger partial charge in [0.05, 0.1) is 12.7 Å². The first-order chi connectivity index (χ1) is 7.02. The zero-order valence-electron chi connectivity index (χ0n) is 10.9. The van der Waals surface area contributed by atoms with Crippen molar-refractivity contribution in [2.24, 2.45) is 0 Å². The lowest BCUT2D eigenvalue weighted by molar-refractivity contribution is 0.0209. The molecule has 0 bridgehead atoms. The Bertz CT molecular complexity index is 182. The minimum Gasteiger partial charge on any atom is -0.375 e. The van der Waals surface area contributed by atoms with E-state index in [2.05, 4.69) is 44.7 Å². The Morgan fingerprint density at radius 1 is 1.40 bits per heavy atom. The van der Waals surface area contributed by atoms with Gasteiger partial charge in [-0.05, 0) is 41.3 Å². The van der Waals surface area contributed by atoms with Crippen LogP contribution in [0.15, 0.2) is 0 Å². The summed E-state index contributed by atoms with van der Waals surface area (Å²) in [5.74, 6) is 0. The highest BCUT2D eigenvalue weighted by atomic mass is 16.5. The summed E-state index contributed by atoms with van der Waals surface area (Å²) in [6, 6.07) is 1.22. The molecule has 0 aromatic heterocycles. The van der Waals surface area contributed by atoms with E-state index in [0.29, 0.717) is 18.2 Å². The van der Waals surface area contributed by atoms with Crippen LogP contribution in [0, 0.1) is 0 Å². The molecule has 0 aromatic rings. The molecule has 0 spiro atoms. The largest absolute Gasteiger partial charge is 0.375 e. The van der Waals surface area contributed by atoms with Gasteiger partial charge in [0, 0.05) is 25.2 Å². The lowest BCUT2D eigenvalue weighted by Gasteiger charge is -2.28. The molecule has 15 heavy (non-hydrogen) atoms. The third-order valence-corrected chi connectivity index (χ3v) is 3.27. The van der Waals surface area contributed by atoms with Gasteiger partial charge in [0.2, 0.25) is 0 Å². The topological polar surface area (TPSA) is 15.7 Å². The highest BCUT2D eigenvalue weighted by Crippen LogP contribution is 2.22. The summed E-state index contributed by atoms with van der Waals surface area (Å²) in [5, 5.41) is 0. The minimum atomic E-state index is 0.437. The van der Waals surface area contributed by atoms with Crippen LogP contribution < -0.4 is 0 Å². The van der Waals surface area contributed by atoms with Gasteiger partial charge in [-0.3, -0.25) is 4.90 Å². The lowest BCUT2D eigenvalue weighted by Crippen LogP contribution is -2.38. The molecule has 0 amide bonds. The molecular formula is C12H26N2O. The normalized spacial score (nSPS) is 28.2. The Balaban J connectivity index is 2.27. The van der Waals surface area contributed by atoms with Crippen molar-refractivity contribution in [1.29, 1.82) is 0 Å². The van der Waals surface area contributed by atoms with Crippen molar-refractivity contribution < 1.29 is 4.74 Å². The molecular weight excluding hydrogens is 188 g/mol. The fraction of sp³-hybridized carbons (Fsp3) is 1.00. The predicted octanol–water partition coefficient (Wildman–Crippen LogP) is 1.44. The molecule has 1 heterocycles. The van der Waals surface area contributed by atoms with Gasteiger partial charge in [0.1, 0.15) is 0 Å². The number of rotatable bonds is 5. The fourth-order valence-corrected chi connectivity index (χ4v) is 2.27. The quantitative estimate of drug-likeness (QED) is 0.688. The molecule has 1 fully saturated rings. The molecule has 1 aliphatic heterocycles. The van der Waals surface area contributed by atoms with E-state index in [4.69, 9.17) is 4.74 Å². The first-order valence-corrected chi connectivity index (χ1v) is 6.04. The van der Waals surface area contributed by atoms with Crippen molar-refractivity contribution >= 4 is 0 Å². The van der Waals surface area contributed by atoms with E-state index in [1.807, 2.05) is 0 Å². The maximum absolute atomic E-state index is 5.92. The van der Waals surface area contributed by atoms with Crippen LogP contribution in [-0.4, -0.2) is 61.8 Å². The number of nitrogens with zero attached hydrogens (tertiary/aromatic N) is 2. The van der Waals surface area contributed by atoms with E-state index in [1.54, 1.807) is 0 Å². The number of hydrogen-bond acceptors (Lipinski definition) is 3. The van der Waals surface area contributed by atoms with Crippen molar-refractivity contribution in [1.82, 2.24) is 9.80 Å². The van der Waals surface area contributed by atoms with Crippen LogP contribution in [0.1, 0.15) is 27.2 Å². The van der Waals surface area contributed by atoms with Gasteiger partial charge < -0.3 is 9.64 Å². The summed E-state index contributed by atoms with van der Waals surface area (Å²) in [6.07, 6.45) is 1.62.